The van der Waals surface area contributed by atoms with Crippen molar-refractivity contribution < 1.29 is 13.2 Å². The number of sulfone groups is 1. The molecule has 1 aliphatic heterocycles. The molecule has 18 heavy (non-hydrogen) atoms. The first-order chi connectivity index (χ1) is 8.50. The first-order valence-electron chi connectivity index (χ1n) is 6.06. The zero-order valence-electron chi connectivity index (χ0n) is 10.4. The van der Waals surface area contributed by atoms with Crippen LogP contribution in [0.25, 0.3) is 0 Å². The van der Waals surface area contributed by atoms with Crippen LogP contribution < -0.4 is 0 Å². The third-order valence-corrected chi connectivity index (χ3v) is 5.11. The molecule has 0 radical (unpaired) electrons. The lowest BCUT2D eigenvalue weighted by atomic mass is 10.2. The van der Waals surface area contributed by atoms with Crippen LogP contribution >= 0.6 is 0 Å². The van der Waals surface area contributed by atoms with E-state index in [1.165, 1.54) is 6.92 Å². The molecule has 5 heteroatoms. The van der Waals surface area contributed by atoms with Crippen LogP contribution in [0.2, 0.25) is 0 Å². The minimum absolute atomic E-state index is 0.0244. The zero-order valence-corrected chi connectivity index (χ0v) is 11.2. The van der Waals surface area contributed by atoms with Crippen molar-refractivity contribution in [2.24, 2.45) is 0 Å². The third-order valence-electron chi connectivity index (χ3n) is 3.30. The monoisotopic (exact) mass is 267 g/mol. The topological polar surface area (TPSA) is 54.5 Å². The number of hydrogen-bond acceptors (Lipinski definition) is 3. The van der Waals surface area contributed by atoms with Crippen LogP contribution in [0, 0.1) is 0 Å². The lowest BCUT2D eigenvalue weighted by Gasteiger charge is -2.23. The first-order valence-corrected chi connectivity index (χ1v) is 7.71. The van der Waals surface area contributed by atoms with Crippen molar-refractivity contribution in [1.82, 2.24) is 4.90 Å². The largest absolute Gasteiger partial charge is 0.339 e. The van der Waals surface area contributed by atoms with Crippen LogP contribution in [0.4, 0.5) is 0 Å². The molecule has 98 valence electrons. The van der Waals surface area contributed by atoms with E-state index in [2.05, 4.69) is 0 Å². The van der Waals surface area contributed by atoms with Crippen LogP contribution in [-0.2, 0) is 14.6 Å². The van der Waals surface area contributed by atoms with Gasteiger partial charge in [-0.2, -0.15) is 0 Å². The Morgan fingerprint density at radius 2 is 2.00 bits per heavy atom. The van der Waals surface area contributed by atoms with Crippen molar-refractivity contribution in [1.29, 1.82) is 0 Å². The van der Waals surface area contributed by atoms with Crippen molar-refractivity contribution in [2.45, 2.75) is 30.7 Å². The summed E-state index contributed by atoms with van der Waals surface area (Å²) < 4.78 is 24.4. The highest BCUT2D eigenvalue weighted by molar-refractivity contribution is 7.91. The van der Waals surface area contributed by atoms with E-state index in [4.69, 9.17) is 0 Å². The van der Waals surface area contributed by atoms with Gasteiger partial charge in [0.2, 0.25) is 5.91 Å². The molecule has 0 aliphatic carbocycles. The molecule has 1 amide bonds. The summed E-state index contributed by atoms with van der Waals surface area (Å²) in [5, 5.41) is 0. The van der Waals surface area contributed by atoms with Gasteiger partial charge in [-0.1, -0.05) is 18.2 Å². The molecule has 1 aromatic rings. The minimum atomic E-state index is -3.30. The average Bonchev–Trinajstić information content (AvgIpc) is 2.78. The van der Waals surface area contributed by atoms with Gasteiger partial charge in [-0.25, -0.2) is 8.42 Å². The van der Waals surface area contributed by atoms with Crippen molar-refractivity contribution in [3.8, 4) is 0 Å². The van der Waals surface area contributed by atoms with Gasteiger partial charge in [-0.05, 0) is 25.0 Å². The predicted octanol–water partition coefficient (Wildman–Crippen LogP) is 1.47. The van der Waals surface area contributed by atoms with Gasteiger partial charge in [-0.3, -0.25) is 4.79 Å². The summed E-state index contributed by atoms with van der Waals surface area (Å²) in [6.45, 7) is 2.16. The maximum absolute atomic E-state index is 12.2. The summed E-state index contributed by atoms with van der Waals surface area (Å²) >= 11 is 0. The van der Waals surface area contributed by atoms with E-state index < -0.39 is 9.84 Å². The molecule has 0 aromatic heterocycles. The van der Waals surface area contributed by atoms with Crippen molar-refractivity contribution in [3.63, 3.8) is 0 Å². The lowest BCUT2D eigenvalue weighted by Crippen LogP contribution is -2.38. The molecule has 1 fully saturated rings. The van der Waals surface area contributed by atoms with Gasteiger partial charge in [0.25, 0.3) is 0 Å². The second kappa shape index (κ2) is 5.10. The summed E-state index contributed by atoms with van der Waals surface area (Å²) in [5.74, 6) is -0.0166. The lowest BCUT2D eigenvalue weighted by molar-refractivity contribution is -0.129. The van der Waals surface area contributed by atoms with Gasteiger partial charge in [0, 0.05) is 19.5 Å². The predicted molar refractivity (Wildman–Crippen MR) is 68.9 cm³/mol. The maximum atomic E-state index is 12.2. The van der Waals surface area contributed by atoms with Crippen LogP contribution in [0.15, 0.2) is 35.2 Å². The number of rotatable bonds is 3. The summed E-state index contributed by atoms with van der Waals surface area (Å²) in [6, 6.07) is 8.24. The van der Waals surface area contributed by atoms with E-state index in [0.717, 1.165) is 12.8 Å². The second-order valence-corrected chi connectivity index (χ2v) is 6.64. The van der Waals surface area contributed by atoms with E-state index in [1.54, 1.807) is 35.2 Å². The summed E-state index contributed by atoms with van der Waals surface area (Å²) in [5.41, 5.74) is 0. The third kappa shape index (κ3) is 2.72. The fourth-order valence-electron chi connectivity index (χ4n) is 2.40. The van der Waals surface area contributed by atoms with E-state index in [9.17, 15) is 13.2 Å². The highest BCUT2D eigenvalue weighted by Gasteiger charge is 2.31. The second-order valence-electron chi connectivity index (χ2n) is 4.60. The molecule has 1 aliphatic rings. The molecule has 4 nitrogen and oxygen atoms in total. The Morgan fingerprint density at radius 3 is 2.61 bits per heavy atom. The molecule has 1 unspecified atom stereocenters. The quantitative estimate of drug-likeness (QED) is 0.833. The number of carbonyl (C=O) groups excluding carboxylic acids is 1. The standard InChI is InChI=1S/C13H17NO3S/c1-11(15)14-9-5-6-12(14)10-18(16,17)13-7-3-2-4-8-13/h2-4,7-8,12H,5-6,9-10H2,1H3. The maximum Gasteiger partial charge on any atom is 0.219 e. The van der Waals surface area contributed by atoms with Crippen LogP contribution in [0.1, 0.15) is 19.8 Å². The molecule has 1 aromatic carbocycles. The molecule has 0 saturated carbocycles. The van der Waals surface area contributed by atoms with Gasteiger partial charge in [-0.15, -0.1) is 0 Å². The Balaban J connectivity index is 2.16. The molecule has 1 atom stereocenters. The van der Waals surface area contributed by atoms with E-state index in [0.29, 0.717) is 11.4 Å². The molecular formula is C13H17NO3S. The zero-order chi connectivity index (χ0) is 13.2. The van der Waals surface area contributed by atoms with Gasteiger partial charge >= 0.3 is 0 Å². The average molecular weight is 267 g/mol. The molecule has 0 N–H and O–H groups in total. The number of likely N-dealkylation sites (tertiary alicyclic amines) is 1. The summed E-state index contributed by atoms with van der Waals surface area (Å²) in [4.78, 5) is 13.4. The van der Waals surface area contributed by atoms with E-state index in [-0.39, 0.29) is 17.7 Å². The highest BCUT2D eigenvalue weighted by atomic mass is 32.2. The molecule has 0 spiro atoms. The summed E-state index contributed by atoms with van der Waals surface area (Å²) in [7, 11) is -3.30. The Hall–Kier alpha value is -1.36. The van der Waals surface area contributed by atoms with Gasteiger partial charge in [0.05, 0.1) is 10.6 Å². The van der Waals surface area contributed by atoms with Crippen LogP contribution in [0.3, 0.4) is 0 Å². The van der Waals surface area contributed by atoms with Gasteiger partial charge in [0.1, 0.15) is 0 Å². The number of nitrogens with zero attached hydrogens (tertiary/aromatic N) is 1. The Bertz CT molecular complexity index is 524. The van der Waals surface area contributed by atoms with Gasteiger partial charge in [0.15, 0.2) is 9.84 Å². The highest BCUT2D eigenvalue weighted by Crippen LogP contribution is 2.21. The molecule has 1 heterocycles. The Morgan fingerprint density at radius 1 is 1.33 bits per heavy atom. The van der Waals surface area contributed by atoms with Crippen molar-refractivity contribution in [3.05, 3.63) is 30.3 Å². The molecular weight excluding hydrogens is 250 g/mol. The number of amides is 1. The minimum Gasteiger partial charge on any atom is -0.339 e. The fourth-order valence-corrected chi connectivity index (χ4v) is 4.02. The van der Waals surface area contributed by atoms with Gasteiger partial charge < -0.3 is 4.90 Å². The van der Waals surface area contributed by atoms with E-state index >= 15 is 0 Å². The SMILES string of the molecule is CC(=O)N1CCCC1CS(=O)(=O)c1ccccc1. The molecule has 1 saturated heterocycles. The summed E-state index contributed by atoms with van der Waals surface area (Å²) in [6.07, 6.45) is 1.65. The van der Waals surface area contributed by atoms with Crippen LogP contribution in [-0.4, -0.2) is 37.6 Å². The fraction of sp³-hybridized carbons (Fsp3) is 0.462. The number of carbonyl (C=O) groups is 1. The smallest absolute Gasteiger partial charge is 0.219 e. The Kier molecular flexibility index (Phi) is 3.71. The Labute approximate surface area is 108 Å². The number of benzene rings is 1. The molecule has 2 rings (SSSR count). The van der Waals surface area contributed by atoms with Crippen LogP contribution in [0.5, 0.6) is 0 Å². The van der Waals surface area contributed by atoms with Crippen molar-refractivity contribution in [2.75, 3.05) is 12.3 Å². The first kappa shape index (κ1) is 13.1. The molecule has 0 bridgehead atoms. The normalized spacial score (nSPS) is 20.1. The number of hydrogen-bond donors (Lipinski definition) is 0. The van der Waals surface area contributed by atoms with Crippen molar-refractivity contribution >= 4 is 15.7 Å². The van der Waals surface area contributed by atoms with E-state index in [1.807, 2.05) is 0 Å².